The molecule has 1 amide bonds. The van der Waals surface area contributed by atoms with E-state index in [0.717, 1.165) is 5.69 Å². The number of aryl methyl sites for hydroxylation is 1. The molecule has 6 heteroatoms. The van der Waals surface area contributed by atoms with Gasteiger partial charge in [0.15, 0.2) is 0 Å². The van der Waals surface area contributed by atoms with Crippen LogP contribution in [0.2, 0.25) is 0 Å². The topological polar surface area (TPSA) is 71.8 Å². The molecule has 0 unspecified atom stereocenters. The lowest BCUT2D eigenvalue weighted by Gasteiger charge is -2.34. The molecule has 19 heavy (non-hydrogen) atoms. The van der Waals surface area contributed by atoms with Gasteiger partial charge in [-0.2, -0.15) is 0 Å². The van der Waals surface area contributed by atoms with Gasteiger partial charge in [0.25, 0.3) is 5.91 Å². The SMILES string of the molecule is Cc1ccc(C(=O)N2CCOC[C@H]2CC(=O)O)n1C. The van der Waals surface area contributed by atoms with Crippen LogP contribution in [0, 0.1) is 6.92 Å². The van der Waals surface area contributed by atoms with Gasteiger partial charge in [0, 0.05) is 19.3 Å². The number of rotatable bonds is 3. The Bertz CT molecular complexity index is 495. The highest BCUT2D eigenvalue weighted by Crippen LogP contribution is 2.16. The molecule has 1 aromatic rings. The first-order valence-electron chi connectivity index (χ1n) is 6.23. The lowest BCUT2D eigenvalue weighted by molar-refractivity contribution is -0.139. The number of aliphatic carboxylic acids is 1. The van der Waals surface area contributed by atoms with Crippen LogP contribution in [0.5, 0.6) is 0 Å². The van der Waals surface area contributed by atoms with Crippen molar-refractivity contribution in [1.82, 2.24) is 9.47 Å². The van der Waals surface area contributed by atoms with Crippen LogP contribution < -0.4 is 0 Å². The Balaban J connectivity index is 2.20. The summed E-state index contributed by atoms with van der Waals surface area (Å²) < 4.78 is 7.09. The second kappa shape index (κ2) is 5.44. The standard InChI is InChI=1S/C13H18N2O4/c1-9-3-4-11(14(9)2)13(18)15-5-6-19-8-10(15)7-12(16)17/h3-4,10H,5-8H2,1-2H3,(H,16,17)/t10-/m1/s1. The minimum Gasteiger partial charge on any atom is -0.481 e. The molecule has 0 aromatic carbocycles. The number of carbonyl (C=O) groups excluding carboxylic acids is 1. The summed E-state index contributed by atoms with van der Waals surface area (Å²) in [6.07, 6.45) is -0.0881. The third-order valence-corrected chi connectivity index (χ3v) is 3.49. The summed E-state index contributed by atoms with van der Waals surface area (Å²) >= 11 is 0. The van der Waals surface area contributed by atoms with Crippen LogP contribution >= 0.6 is 0 Å². The van der Waals surface area contributed by atoms with E-state index in [2.05, 4.69) is 0 Å². The number of aromatic nitrogens is 1. The lowest BCUT2D eigenvalue weighted by atomic mass is 10.1. The third-order valence-electron chi connectivity index (χ3n) is 3.49. The fourth-order valence-corrected chi connectivity index (χ4v) is 2.27. The summed E-state index contributed by atoms with van der Waals surface area (Å²) in [5.74, 6) is -1.05. The molecule has 1 aliphatic rings. The van der Waals surface area contributed by atoms with Crippen molar-refractivity contribution in [2.45, 2.75) is 19.4 Å². The van der Waals surface area contributed by atoms with E-state index in [0.29, 0.717) is 18.8 Å². The van der Waals surface area contributed by atoms with Gasteiger partial charge in [-0.05, 0) is 19.1 Å². The molecule has 6 nitrogen and oxygen atoms in total. The summed E-state index contributed by atoms with van der Waals surface area (Å²) in [7, 11) is 1.83. The molecule has 2 heterocycles. The van der Waals surface area contributed by atoms with Gasteiger partial charge in [0.2, 0.25) is 0 Å². The Kier molecular flexibility index (Phi) is 3.90. The smallest absolute Gasteiger partial charge is 0.305 e. The highest BCUT2D eigenvalue weighted by atomic mass is 16.5. The van der Waals surface area contributed by atoms with Crippen LogP contribution in [0.3, 0.4) is 0 Å². The van der Waals surface area contributed by atoms with Crippen molar-refractivity contribution in [3.05, 3.63) is 23.5 Å². The quantitative estimate of drug-likeness (QED) is 0.872. The van der Waals surface area contributed by atoms with E-state index in [4.69, 9.17) is 9.84 Å². The molecule has 1 fully saturated rings. The van der Waals surface area contributed by atoms with Crippen LogP contribution in [-0.4, -0.2) is 52.3 Å². The molecule has 1 N–H and O–H groups in total. The summed E-state index contributed by atoms with van der Waals surface area (Å²) in [6, 6.07) is 3.25. The number of ether oxygens (including phenoxy) is 1. The minimum atomic E-state index is -0.920. The Morgan fingerprint density at radius 1 is 1.47 bits per heavy atom. The Hall–Kier alpha value is -1.82. The summed E-state index contributed by atoms with van der Waals surface area (Å²) in [5, 5.41) is 8.90. The van der Waals surface area contributed by atoms with Crippen molar-refractivity contribution in [2.75, 3.05) is 19.8 Å². The molecule has 0 aliphatic carbocycles. The Morgan fingerprint density at radius 2 is 2.21 bits per heavy atom. The Morgan fingerprint density at radius 3 is 2.79 bits per heavy atom. The van der Waals surface area contributed by atoms with Crippen LogP contribution in [0.25, 0.3) is 0 Å². The van der Waals surface area contributed by atoms with Crippen LogP contribution in [0.4, 0.5) is 0 Å². The molecule has 1 aliphatic heterocycles. The van der Waals surface area contributed by atoms with Gasteiger partial charge in [-0.25, -0.2) is 0 Å². The van der Waals surface area contributed by atoms with Crippen molar-refractivity contribution in [3.63, 3.8) is 0 Å². The number of carboxylic acid groups (broad SMARTS) is 1. The monoisotopic (exact) mass is 266 g/mol. The zero-order chi connectivity index (χ0) is 14.0. The fraction of sp³-hybridized carbons (Fsp3) is 0.538. The summed E-state index contributed by atoms with van der Waals surface area (Å²) in [6.45, 7) is 3.08. The van der Waals surface area contributed by atoms with E-state index in [1.807, 2.05) is 24.6 Å². The molecular weight excluding hydrogens is 248 g/mol. The average molecular weight is 266 g/mol. The van der Waals surface area contributed by atoms with Crippen molar-refractivity contribution in [3.8, 4) is 0 Å². The Labute approximate surface area is 111 Å². The average Bonchev–Trinajstić information content (AvgIpc) is 2.69. The first-order chi connectivity index (χ1) is 9.00. The van der Waals surface area contributed by atoms with E-state index in [1.54, 1.807) is 11.0 Å². The molecule has 0 spiro atoms. The number of hydrogen-bond acceptors (Lipinski definition) is 3. The number of nitrogens with zero attached hydrogens (tertiary/aromatic N) is 2. The molecule has 0 bridgehead atoms. The van der Waals surface area contributed by atoms with E-state index in [9.17, 15) is 9.59 Å². The van der Waals surface area contributed by atoms with Crippen LogP contribution in [0.15, 0.2) is 12.1 Å². The zero-order valence-corrected chi connectivity index (χ0v) is 11.1. The molecule has 1 atom stereocenters. The fourth-order valence-electron chi connectivity index (χ4n) is 2.27. The van der Waals surface area contributed by atoms with E-state index in [1.165, 1.54) is 0 Å². The second-order valence-corrected chi connectivity index (χ2v) is 4.74. The normalized spacial score (nSPS) is 19.5. The highest BCUT2D eigenvalue weighted by molar-refractivity contribution is 5.93. The van der Waals surface area contributed by atoms with Crippen molar-refractivity contribution >= 4 is 11.9 Å². The zero-order valence-electron chi connectivity index (χ0n) is 11.1. The molecule has 0 radical (unpaired) electrons. The van der Waals surface area contributed by atoms with Gasteiger partial charge in [0.1, 0.15) is 5.69 Å². The maximum Gasteiger partial charge on any atom is 0.305 e. The summed E-state index contributed by atoms with van der Waals surface area (Å²) in [5.41, 5.74) is 1.57. The maximum atomic E-state index is 12.5. The van der Waals surface area contributed by atoms with Gasteiger partial charge < -0.3 is 19.3 Å². The van der Waals surface area contributed by atoms with Gasteiger partial charge in [0.05, 0.1) is 25.7 Å². The number of hydrogen-bond donors (Lipinski definition) is 1. The maximum absolute atomic E-state index is 12.5. The van der Waals surface area contributed by atoms with Gasteiger partial charge in [-0.3, -0.25) is 9.59 Å². The molecule has 2 rings (SSSR count). The van der Waals surface area contributed by atoms with E-state index >= 15 is 0 Å². The van der Waals surface area contributed by atoms with Gasteiger partial charge in [-0.1, -0.05) is 0 Å². The van der Waals surface area contributed by atoms with Gasteiger partial charge >= 0.3 is 5.97 Å². The number of carbonyl (C=O) groups is 2. The molecule has 1 aromatic heterocycles. The predicted octanol–water partition coefficient (Wildman–Crippen LogP) is 0.649. The van der Waals surface area contributed by atoms with Crippen molar-refractivity contribution < 1.29 is 19.4 Å². The number of morpholine rings is 1. The molecule has 104 valence electrons. The first-order valence-corrected chi connectivity index (χ1v) is 6.23. The number of amides is 1. The minimum absolute atomic E-state index is 0.0881. The predicted molar refractivity (Wildman–Crippen MR) is 68.0 cm³/mol. The lowest BCUT2D eigenvalue weighted by Crippen LogP contribution is -2.50. The van der Waals surface area contributed by atoms with Gasteiger partial charge in [-0.15, -0.1) is 0 Å². The highest BCUT2D eigenvalue weighted by Gasteiger charge is 2.30. The summed E-state index contributed by atoms with van der Waals surface area (Å²) in [4.78, 5) is 24.9. The third kappa shape index (κ3) is 2.78. The largest absolute Gasteiger partial charge is 0.481 e. The molecular formula is C13H18N2O4. The van der Waals surface area contributed by atoms with Crippen molar-refractivity contribution in [2.24, 2.45) is 7.05 Å². The van der Waals surface area contributed by atoms with E-state index < -0.39 is 12.0 Å². The molecule has 1 saturated heterocycles. The van der Waals surface area contributed by atoms with Crippen molar-refractivity contribution in [1.29, 1.82) is 0 Å². The van der Waals surface area contributed by atoms with Crippen LogP contribution in [-0.2, 0) is 16.6 Å². The first kappa shape index (κ1) is 13.6. The van der Waals surface area contributed by atoms with Crippen LogP contribution in [0.1, 0.15) is 22.6 Å². The van der Waals surface area contributed by atoms with E-state index in [-0.39, 0.29) is 18.9 Å². The number of carboxylic acids is 1. The second-order valence-electron chi connectivity index (χ2n) is 4.74. The molecule has 0 saturated carbocycles.